The molecule has 2 atom stereocenters. The van der Waals surface area contributed by atoms with Crippen molar-refractivity contribution in [3.63, 3.8) is 0 Å². The van der Waals surface area contributed by atoms with Gasteiger partial charge in [0, 0.05) is 12.1 Å². The van der Waals surface area contributed by atoms with Crippen molar-refractivity contribution in [2.75, 3.05) is 6.54 Å². The minimum Gasteiger partial charge on any atom is -0.508 e. The zero-order chi connectivity index (χ0) is 28.4. The molecule has 0 aromatic heterocycles. The lowest BCUT2D eigenvalue weighted by molar-refractivity contribution is -0.149. The second-order valence-corrected chi connectivity index (χ2v) is 11.7. The van der Waals surface area contributed by atoms with Gasteiger partial charge in [0.15, 0.2) is 0 Å². The Hall–Kier alpha value is -2.77. The second kappa shape index (κ2) is 14.2. The van der Waals surface area contributed by atoms with E-state index in [9.17, 15) is 19.5 Å². The van der Waals surface area contributed by atoms with Crippen LogP contribution >= 0.6 is 0 Å². The number of hydrogen-bond acceptors (Lipinski definition) is 5. The number of hydrogen-bond donors (Lipinski definition) is 3. The molecule has 1 rings (SSSR count). The van der Waals surface area contributed by atoms with E-state index in [1.807, 2.05) is 34.6 Å². The van der Waals surface area contributed by atoms with E-state index in [2.05, 4.69) is 17.6 Å². The van der Waals surface area contributed by atoms with Gasteiger partial charge in [0.2, 0.25) is 11.8 Å². The van der Waals surface area contributed by atoms with Crippen LogP contribution in [0.1, 0.15) is 106 Å². The number of unbranched alkanes of at least 4 members (excludes halogenated alkanes) is 2. The van der Waals surface area contributed by atoms with Gasteiger partial charge in [0.05, 0.1) is 0 Å². The molecule has 1 aromatic rings. The lowest BCUT2D eigenvalue weighted by Gasteiger charge is -2.44. The number of carbonyl (C=O) groups is 3. The van der Waals surface area contributed by atoms with E-state index in [0.717, 1.165) is 19.3 Å². The van der Waals surface area contributed by atoms with Crippen LogP contribution in [0.15, 0.2) is 24.3 Å². The molecular formula is C29H49N3O5. The van der Waals surface area contributed by atoms with Crippen LogP contribution in [0, 0.1) is 5.92 Å². The van der Waals surface area contributed by atoms with E-state index in [-0.39, 0.29) is 23.5 Å². The first-order valence-electron chi connectivity index (χ1n) is 13.5. The lowest BCUT2D eigenvalue weighted by Crippen LogP contribution is -2.59. The highest BCUT2D eigenvalue weighted by Crippen LogP contribution is 2.34. The molecule has 0 radical (unpaired) electrons. The Morgan fingerprint density at radius 1 is 1.05 bits per heavy atom. The Kier molecular flexibility index (Phi) is 12.4. The van der Waals surface area contributed by atoms with Gasteiger partial charge in [-0.25, -0.2) is 4.79 Å². The fourth-order valence-electron chi connectivity index (χ4n) is 4.05. The number of amides is 3. The fourth-order valence-corrected chi connectivity index (χ4v) is 4.05. The number of nitrogens with one attached hydrogen (secondary N) is 2. The van der Waals surface area contributed by atoms with Crippen LogP contribution < -0.4 is 10.6 Å². The molecule has 8 nitrogen and oxygen atoms in total. The standard InChI is InChI=1S/C29H49N3O5/c1-10-12-13-17-30-25(34)24(21-15-14-16-22(33)19-21)32(29(8,9)11-2)26(35)23(18-20(3)4)31-27(36)37-28(5,6)7/h14-16,19-20,23-24,33H,10-13,17-18H2,1-9H3,(H,30,34)(H,31,36). The lowest BCUT2D eigenvalue weighted by atomic mass is 9.90. The van der Waals surface area contributed by atoms with Crippen molar-refractivity contribution in [2.45, 2.75) is 118 Å². The van der Waals surface area contributed by atoms with Crippen LogP contribution in [0.25, 0.3) is 0 Å². The summed E-state index contributed by atoms with van der Waals surface area (Å²) in [7, 11) is 0. The predicted octanol–water partition coefficient (Wildman–Crippen LogP) is 5.70. The highest BCUT2D eigenvalue weighted by Gasteiger charge is 2.43. The van der Waals surface area contributed by atoms with E-state index in [0.29, 0.717) is 24.9 Å². The van der Waals surface area contributed by atoms with Crippen LogP contribution in [-0.4, -0.2) is 51.6 Å². The number of phenols is 1. The van der Waals surface area contributed by atoms with Crippen molar-refractivity contribution in [1.82, 2.24) is 15.5 Å². The summed E-state index contributed by atoms with van der Waals surface area (Å²) in [6.45, 7) is 17.6. The fraction of sp³-hybridized carbons (Fsp3) is 0.690. The molecule has 37 heavy (non-hydrogen) atoms. The summed E-state index contributed by atoms with van der Waals surface area (Å²) >= 11 is 0. The van der Waals surface area contributed by atoms with E-state index in [4.69, 9.17) is 4.74 Å². The minimum absolute atomic E-state index is 0.00796. The van der Waals surface area contributed by atoms with Crippen LogP contribution in [-0.2, 0) is 14.3 Å². The van der Waals surface area contributed by atoms with Crippen LogP contribution in [0.3, 0.4) is 0 Å². The molecular weight excluding hydrogens is 470 g/mol. The third-order valence-corrected chi connectivity index (χ3v) is 6.22. The van der Waals surface area contributed by atoms with E-state index in [1.165, 1.54) is 12.1 Å². The molecule has 0 aliphatic heterocycles. The Bertz CT molecular complexity index is 892. The number of aromatic hydroxyl groups is 1. The number of ether oxygens (including phenoxy) is 1. The van der Waals surface area contributed by atoms with Crippen LogP contribution in [0.2, 0.25) is 0 Å². The zero-order valence-corrected chi connectivity index (χ0v) is 24.3. The summed E-state index contributed by atoms with van der Waals surface area (Å²) in [5.41, 5.74) is -0.956. The Labute approximate surface area is 223 Å². The molecule has 0 fully saturated rings. The summed E-state index contributed by atoms with van der Waals surface area (Å²) in [5, 5.41) is 16.0. The smallest absolute Gasteiger partial charge is 0.408 e. The molecule has 0 aliphatic rings. The first-order chi connectivity index (χ1) is 17.1. The predicted molar refractivity (Wildman–Crippen MR) is 147 cm³/mol. The average Bonchev–Trinajstić information content (AvgIpc) is 2.77. The maximum atomic E-state index is 14.3. The van der Waals surface area contributed by atoms with Crippen molar-refractivity contribution in [3.05, 3.63) is 29.8 Å². The molecule has 0 saturated heterocycles. The van der Waals surface area contributed by atoms with Gasteiger partial charge in [-0.2, -0.15) is 0 Å². The molecule has 0 heterocycles. The highest BCUT2D eigenvalue weighted by atomic mass is 16.6. The Balaban J connectivity index is 3.56. The van der Waals surface area contributed by atoms with Gasteiger partial charge in [0.1, 0.15) is 23.4 Å². The SMILES string of the molecule is CCCCCNC(=O)C(c1cccc(O)c1)N(C(=O)C(CC(C)C)NC(=O)OC(C)(C)C)C(C)(C)CC. The topological polar surface area (TPSA) is 108 Å². The maximum Gasteiger partial charge on any atom is 0.408 e. The van der Waals surface area contributed by atoms with Gasteiger partial charge < -0.3 is 25.4 Å². The first-order valence-corrected chi connectivity index (χ1v) is 13.5. The number of alkyl carbamates (subject to hydrolysis) is 1. The van der Waals surface area contributed by atoms with Gasteiger partial charge in [-0.15, -0.1) is 0 Å². The van der Waals surface area contributed by atoms with Gasteiger partial charge in [0.25, 0.3) is 0 Å². The summed E-state index contributed by atoms with van der Waals surface area (Å²) in [6.07, 6.45) is 3.09. The summed E-state index contributed by atoms with van der Waals surface area (Å²) < 4.78 is 5.44. The molecule has 0 saturated carbocycles. The zero-order valence-electron chi connectivity index (χ0n) is 24.3. The minimum atomic E-state index is -0.994. The van der Waals surface area contributed by atoms with E-state index < -0.39 is 29.3 Å². The van der Waals surface area contributed by atoms with Gasteiger partial charge >= 0.3 is 6.09 Å². The Morgan fingerprint density at radius 3 is 2.22 bits per heavy atom. The number of benzene rings is 1. The molecule has 0 aliphatic carbocycles. The third-order valence-electron chi connectivity index (χ3n) is 6.22. The number of carbonyl (C=O) groups excluding carboxylic acids is 3. The summed E-state index contributed by atoms with van der Waals surface area (Å²) in [6, 6.07) is 4.55. The van der Waals surface area contributed by atoms with Gasteiger partial charge in [-0.1, -0.05) is 52.7 Å². The van der Waals surface area contributed by atoms with Crippen molar-refractivity contribution >= 4 is 17.9 Å². The molecule has 3 N–H and O–H groups in total. The molecule has 210 valence electrons. The molecule has 8 heteroatoms. The number of rotatable bonds is 13. The average molecular weight is 520 g/mol. The second-order valence-electron chi connectivity index (χ2n) is 11.7. The normalized spacial score (nSPS) is 13.6. The summed E-state index contributed by atoms with van der Waals surface area (Å²) in [4.78, 5) is 42.2. The molecule has 0 spiro atoms. The quantitative estimate of drug-likeness (QED) is 0.290. The Morgan fingerprint density at radius 2 is 1.70 bits per heavy atom. The molecule has 2 unspecified atom stereocenters. The highest BCUT2D eigenvalue weighted by molar-refractivity contribution is 5.92. The van der Waals surface area contributed by atoms with E-state index >= 15 is 0 Å². The van der Waals surface area contributed by atoms with Crippen LogP contribution in [0.5, 0.6) is 5.75 Å². The van der Waals surface area contributed by atoms with E-state index in [1.54, 1.807) is 37.8 Å². The van der Waals surface area contributed by atoms with Crippen molar-refractivity contribution in [2.24, 2.45) is 5.92 Å². The summed E-state index contributed by atoms with van der Waals surface area (Å²) in [5.74, 6) is -0.591. The van der Waals surface area contributed by atoms with Crippen molar-refractivity contribution < 1.29 is 24.2 Å². The largest absolute Gasteiger partial charge is 0.508 e. The maximum absolute atomic E-state index is 14.3. The van der Waals surface area contributed by atoms with Crippen molar-refractivity contribution in [3.8, 4) is 5.75 Å². The van der Waals surface area contributed by atoms with Gasteiger partial charge in [-0.3, -0.25) is 9.59 Å². The monoisotopic (exact) mass is 519 g/mol. The van der Waals surface area contributed by atoms with Crippen LogP contribution in [0.4, 0.5) is 4.79 Å². The molecule has 3 amide bonds. The third kappa shape index (κ3) is 10.6. The first kappa shape index (κ1) is 32.3. The molecule has 0 bridgehead atoms. The van der Waals surface area contributed by atoms with Gasteiger partial charge in [-0.05, 0) is 77.5 Å². The van der Waals surface area contributed by atoms with Crippen molar-refractivity contribution in [1.29, 1.82) is 0 Å². The number of nitrogens with zero attached hydrogens (tertiary/aromatic N) is 1. The molecule has 1 aromatic carbocycles. The number of phenolic OH excluding ortho intramolecular Hbond substituents is 1.